The summed E-state index contributed by atoms with van der Waals surface area (Å²) in [5.74, 6) is 0. The lowest BCUT2D eigenvalue weighted by Crippen LogP contribution is -2.41. The molecule has 7 heteroatoms. The van der Waals surface area contributed by atoms with Crippen molar-refractivity contribution in [3.63, 3.8) is 0 Å². The first-order valence-electron chi connectivity index (χ1n) is 5.61. The monoisotopic (exact) mass is 253 g/mol. The Hall–Kier alpha value is -1.23. The number of aromatic nitrogens is 2. The van der Waals surface area contributed by atoms with Gasteiger partial charge in [-0.1, -0.05) is 11.3 Å². The van der Waals surface area contributed by atoms with Gasteiger partial charge in [0.05, 0.1) is 19.2 Å². The third-order valence-electron chi connectivity index (χ3n) is 2.45. The predicted molar refractivity (Wildman–Crippen MR) is 64.7 cm³/mol. The Morgan fingerprint density at radius 2 is 2.53 bits per heavy atom. The molecular weight excluding hydrogens is 238 g/mol. The number of nitriles is 1. The molecule has 1 atom stereocenters. The number of nitrogens with one attached hydrogen (secondary N) is 1. The van der Waals surface area contributed by atoms with Gasteiger partial charge in [0.1, 0.15) is 5.01 Å². The Balaban J connectivity index is 1.89. The zero-order valence-corrected chi connectivity index (χ0v) is 10.5. The van der Waals surface area contributed by atoms with E-state index >= 15 is 0 Å². The van der Waals surface area contributed by atoms with E-state index in [2.05, 4.69) is 26.5 Å². The molecule has 17 heavy (non-hydrogen) atoms. The van der Waals surface area contributed by atoms with Gasteiger partial charge in [-0.15, -0.1) is 10.2 Å². The predicted octanol–water partition coefficient (Wildman–Crippen LogP) is 0.694. The van der Waals surface area contributed by atoms with Crippen LogP contribution in [0.2, 0.25) is 0 Å². The summed E-state index contributed by atoms with van der Waals surface area (Å²) < 4.78 is 5.29. The maximum absolute atomic E-state index is 8.81. The molecule has 1 aliphatic rings. The quantitative estimate of drug-likeness (QED) is 0.851. The highest BCUT2D eigenvalue weighted by Crippen LogP contribution is 2.17. The number of hydrogen-bond donors (Lipinski definition) is 1. The Morgan fingerprint density at radius 1 is 1.65 bits per heavy atom. The second-order valence-electron chi connectivity index (χ2n) is 3.75. The van der Waals surface area contributed by atoms with Crippen molar-refractivity contribution >= 4 is 16.5 Å². The number of nitrogens with zero attached hydrogens (tertiary/aromatic N) is 4. The van der Waals surface area contributed by atoms with Gasteiger partial charge in [-0.05, 0) is 6.92 Å². The fourth-order valence-electron chi connectivity index (χ4n) is 1.66. The van der Waals surface area contributed by atoms with Crippen LogP contribution < -0.4 is 5.32 Å². The zero-order chi connectivity index (χ0) is 12.1. The van der Waals surface area contributed by atoms with E-state index in [0.717, 1.165) is 29.8 Å². The first-order valence-corrected chi connectivity index (χ1v) is 6.43. The van der Waals surface area contributed by atoms with Crippen molar-refractivity contribution in [2.75, 3.05) is 31.6 Å². The third-order valence-corrected chi connectivity index (χ3v) is 3.31. The molecule has 0 bridgehead atoms. The maximum Gasteiger partial charge on any atom is 0.205 e. The van der Waals surface area contributed by atoms with Crippen molar-refractivity contribution in [3.8, 4) is 6.07 Å². The summed E-state index contributed by atoms with van der Waals surface area (Å²) in [6, 6.07) is 2.14. The summed E-state index contributed by atoms with van der Waals surface area (Å²) in [7, 11) is 0. The molecule has 0 saturated carbocycles. The number of morpholine rings is 1. The van der Waals surface area contributed by atoms with Gasteiger partial charge >= 0.3 is 0 Å². The molecule has 1 fully saturated rings. The second-order valence-corrected chi connectivity index (χ2v) is 4.82. The molecule has 1 aromatic rings. The molecule has 2 heterocycles. The van der Waals surface area contributed by atoms with Crippen molar-refractivity contribution < 1.29 is 4.74 Å². The first-order chi connectivity index (χ1) is 8.31. The van der Waals surface area contributed by atoms with Crippen LogP contribution in [0.5, 0.6) is 0 Å². The number of anilines is 1. The van der Waals surface area contributed by atoms with Gasteiger partial charge in [0.25, 0.3) is 0 Å². The molecule has 2 rings (SSSR count). The van der Waals surface area contributed by atoms with Crippen LogP contribution in [0.1, 0.15) is 11.9 Å². The Morgan fingerprint density at radius 3 is 3.29 bits per heavy atom. The van der Waals surface area contributed by atoms with E-state index in [1.54, 1.807) is 11.3 Å². The van der Waals surface area contributed by atoms with Crippen LogP contribution in [0.4, 0.5) is 5.13 Å². The summed E-state index contributed by atoms with van der Waals surface area (Å²) in [5.41, 5.74) is 0. The van der Waals surface area contributed by atoms with E-state index in [1.807, 2.05) is 6.92 Å². The molecule has 0 spiro atoms. The van der Waals surface area contributed by atoms with Crippen LogP contribution in [0, 0.1) is 11.3 Å². The highest BCUT2D eigenvalue weighted by Gasteiger charge is 2.20. The van der Waals surface area contributed by atoms with Crippen molar-refractivity contribution in [1.82, 2.24) is 15.1 Å². The molecule has 1 unspecified atom stereocenters. The van der Waals surface area contributed by atoms with Crippen LogP contribution in [0.3, 0.4) is 0 Å². The first kappa shape index (κ1) is 12.2. The SMILES string of the molecule is CCNc1nnc(CN2CCOC(C#N)C2)s1. The van der Waals surface area contributed by atoms with E-state index in [9.17, 15) is 0 Å². The second kappa shape index (κ2) is 5.91. The van der Waals surface area contributed by atoms with Crippen molar-refractivity contribution in [3.05, 3.63) is 5.01 Å². The lowest BCUT2D eigenvalue weighted by molar-refractivity contribution is -0.00277. The molecule has 1 N–H and O–H groups in total. The standard InChI is InChI=1S/C10H15N5OS/c1-2-12-10-14-13-9(17-10)7-15-3-4-16-8(5-11)6-15/h8H,2-4,6-7H2,1H3,(H,12,14). The van der Waals surface area contributed by atoms with Crippen LogP contribution >= 0.6 is 11.3 Å². The van der Waals surface area contributed by atoms with Crippen LogP contribution in [-0.4, -0.2) is 47.4 Å². The number of ether oxygens (including phenoxy) is 1. The molecule has 0 aliphatic carbocycles. The molecule has 0 radical (unpaired) electrons. The molecular formula is C10H15N5OS. The third kappa shape index (κ3) is 3.36. The van der Waals surface area contributed by atoms with Gasteiger partial charge in [-0.25, -0.2) is 0 Å². The fraction of sp³-hybridized carbons (Fsp3) is 0.700. The number of hydrogen-bond acceptors (Lipinski definition) is 7. The summed E-state index contributed by atoms with van der Waals surface area (Å²) in [5, 5.41) is 21.9. The molecule has 1 aliphatic heterocycles. The average molecular weight is 253 g/mol. The summed E-state index contributed by atoms with van der Waals surface area (Å²) >= 11 is 1.56. The van der Waals surface area contributed by atoms with E-state index in [1.165, 1.54) is 0 Å². The fourth-order valence-corrected chi connectivity index (χ4v) is 2.51. The van der Waals surface area contributed by atoms with Gasteiger partial charge in [0.2, 0.25) is 5.13 Å². The van der Waals surface area contributed by atoms with Gasteiger partial charge in [-0.2, -0.15) is 5.26 Å². The van der Waals surface area contributed by atoms with Crippen LogP contribution in [0.15, 0.2) is 0 Å². The molecule has 1 saturated heterocycles. The summed E-state index contributed by atoms with van der Waals surface area (Å²) in [6.07, 6.45) is -0.315. The number of rotatable bonds is 4. The lowest BCUT2D eigenvalue weighted by atomic mass is 10.3. The van der Waals surface area contributed by atoms with Crippen LogP contribution in [0.25, 0.3) is 0 Å². The highest BCUT2D eigenvalue weighted by molar-refractivity contribution is 7.15. The lowest BCUT2D eigenvalue weighted by Gasteiger charge is -2.28. The van der Waals surface area contributed by atoms with Gasteiger partial charge in [-0.3, -0.25) is 4.90 Å². The Labute approximate surface area is 104 Å². The summed E-state index contributed by atoms with van der Waals surface area (Å²) in [4.78, 5) is 2.17. The van der Waals surface area contributed by atoms with E-state index in [-0.39, 0.29) is 6.10 Å². The maximum atomic E-state index is 8.81. The zero-order valence-electron chi connectivity index (χ0n) is 9.72. The van der Waals surface area contributed by atoms with Crippen molar-refractivity contribution in [2.45, 2.75) is 19.6 Å². The molecule has 0 amide bonds. The molecule has 6 nitrogen and oxygen atoms in total. The van der Waals surface area contributed by atoms with Gasteiger partial charge in [0.15, 0.2) is 6.10 Å². The van der Waals surface area contributed by atoms with Crippen molar-refractivity contribution in [1.29, 1.82) is 5.26 Å². The normalized spacial score (nSPS) is 21.1. The minimum Gasteiger partial charge on any atom is -0.361 e. The smallest absolute Gasteiger partial charge is 0.205 e. The Bertz CT molecular complexity index is 402. The van der Waals surface area contributed by atoms with Gasteiger partial charge < -0.3 is 10.1 Å². The minimum absolute atomic E-state index is 0.315. The largest absolute Gasteiger partial charge is 0.361 e. The molecule has 1 aromatic heterocycles. The average Bonchev–Trinajstić information content (AvgIpc) is 2.77. The van der Waals surface area contributed by atoms with Crippen molar-refractivity contribution in [2.24, 2.45) is 0 Å². The van der Waals surface area contributed by atoms with E-state index < -0.39 is 0 Å². The highest BCUT2D eigenvalue weighted by atomic mass is 32.1. The van der Waals surface area contributed by atoms with E-state index in [0.29, 0.717) is 13.2 Å². The Kier molecular flexibility index (Phi) is 4.25. The summed E-state index contributed by atoms with van der Waals surface area (Å²) in [6.45, 7) is 5.71. The van der Waals surface area contributed by atoms with Gasteiger partial charge in [0, 0.05) is 19.6 Å². The molecule has 92 valence electrons. The topological polar surface area (TPSA) is 74.1 Å². The molecule has 0 aromatic carbocycles. The minimum atomic E-state index is -0.315. The van der Waals surface area contributed by atoms with E-state index in [4.69, 9.17) is 10.00 Å². The van der Waals surface area contributed by atoms with Crippen LogP contribution in [-0.2, 0) is 11.3 Å².